The number of aromatic nitrogens is 3. The highest BCUT2D eigenvalue weighted by molar-refractivity contribution is 5.80. The minimum absolute atomic E-state index is 0.529. The molecule has 0 saturated carbocycles. The van der Waals surface area contributed by atoms with Gasteiger partial charge in [-0.1, -0.05) is 6.07 Å². The number of aliphatic imine (C=N–C) groups is 1. The molecular weight excluding hydrogens is 330 g/mol. The molecular formula is C18H25N7O. The van der Waals surface area contributed by atoms with Crippen LogP contribution in [0.1, 0.15) is 12.5 Å². The molecule has 138 valence electrons. The first-order chi connectivity index (χ1) is 12.8. The van der Waals surface area contributed by atoms with Gasteiger partial charge in [0.15, 0.2) is 5.96 Å². The van der Waals surface area contributed by atoms with Crippen molar-refractivity contribution < 1.29 is 4.74 Å². The van der Waals surface area contributed by atoms with E-state index >= 15 is 0 Å². The summed E-state index contributed by atoms with van der Waals surface area (Å²) >= 11 is 0. The number of anilines is 1. The molecule has 0 atom stereocenters. The van der Waals surface area contributed by atoms with E-state index in [4.69, 9.17) is 9.73 Å². The van der Waals surface area contributed by atoms with Gasteiger partial charge < -0.3 is 19.9 Å². The normalized spacial score (nSPS) is 15.1. The Bertz CT molecular complexity index is 714. The van der Waals surface area contributed by atoms with Crippen LogP contribution in [0.5, 0.6) is 5.88 Å². The molecule has 1 aliphatic heterocycles. The number of guanidine groups is 1. The average Bonchev–Trinajstić information content (AvgIpc) is 2.72. The summed E-state index contributed by atoms with van der Waals surface area (Å²) in [7, 11) is 1.63. The third kappa shape index (κ3) is 4.38. The molecule has 0 unspecified atom stereocenters. The molecule has 2 aromatic heterocycles. The Morgan fingerprint density at radius 2 is 1.85 bits per heavy atom. The highest BCUT2D eigenvalue weighted by Gasteiger charge is 2.21. The summed E-state index contributed by atoms with van der Waals surface area (Å²) in [6.07, 6.45) is 5.28. The zero-order valence-electron chi connectivity index (χ0n) is 15.3. The summed E-state index contributed by atoms with van der Waals surface area (Å²) in [5.74, 6) is 2.32. The van der Waals surface area contributed by atoms with Crippen LogP contribution in [0.25, 0.3) is 0 Å². The van der Waals surface area contributed by atoms with Crippen molar-refractivity contribution >= 4 is 11.9 Å². The van der Waals surface area contributed by atoms with Crippen molar-refractivity contribution in [2.24, 2.45) is 4.99 Å². The van der Waals surface area contributed by atoms with E-state index in [1.54, 1.807) is 25.7 Å². The van der Waals surface area contributed by atoms with Gasteiger partial charge in [-0.15, -0.1) is 0 Å². The van der Waals surface area contributed by atoms with Crippen LogP contribution in [0.4, 0.5) is 5.95 Å². The number of nitrogens with one attached hydrogen (secondary N) is 1. The molecule has 26 heavy (non-hydrogen) atoms. The van der Waals surface area contributed by atoms with Crippen molar-refractivity contribution in [3.8, 4) is 5.88 Å². The molecule has 1 N–H and O–H groups in total. The molecule has 0 amide bonds. The lowest BCUT2D eigenvalue weighted by atomic mass is 10.3. The average molecular weight is 355 g/mol. The van der Waals surface area contributed by atoms with Gasteiger partial charge in [0, 0.05) is 56.9 Å². The van der Waals surface area contributed by atoms with Crippen LogP contribution in [-0.2, 0) is 6.54 Å². The molecule has 1 aliphatic rings. The number of pyridine rings is 1. The Balaban J connectivity index is 1.65. The number of hydrogen-bond donors (Lipinski definition) is 1. The number of piperazine rings is 1. The smallest absolute Gasteiger partial charge is 0.225 e. The number of ether oxygens (including phenoxy) is 1. The van der Waals surface area contributed by atoms with Crippen molar-refractivity contribution in [1.29, 1.82) is 0 Å². The van der Waals surface area contributed by atoms with Crippen LogP contribution >= 0.6 is 0 Å². The van der Waals surface area contributed by atoms with Gasteiger partial charge in [0.2, 0.25) is 11.8 Å². The minimum atomic E-state index is 0.529. The molecule has 0 spiro atoms. The summed E-state index contributed by atoms with van der Waals surface area (Å²) in [6.45, 7) is 6.90. The maximum atomic E-state index is 5.31. The van der Waals surface area contributed by atoms with E-state index in [0.29, 0.717) is 12.4 Å². The first kappa shape index (κ1) is 17.9. The third-order valence-corrected chi connectivity index (χ3v) is 4.19. The first-order valence-corrected chi connectivity index (χ1v) is 8.85. The molecule has 2 aromatic rings. The molecule has 1 fully saturated rings. The predicted molar refractivity (Wildman–Crippen MR) is 101 cm³/mol. The van der Waals surface area contributed by atoms with E-state index < -0.39 is 0 Å². The molecule has 0 radical (unpaired) electrons. The molecule has 0 bridgehead atoms. The quantitative estimate of drug-likeness (QED) is 0.637. The highest BCUT2D eigenvalue weighted by atomic mass is 16.5. The van der Waals surface area contributed by atoms with Crippen molar-refractivity contribution in [2.75, 3.05) is 44.7 Å². The van der Waals surface area contributed by atoms with Gasteiger partial charge in [0.25, 0.3) is 0 Å². The van der Waals surface area contributed by atoms with Gasteiger partial charge in [-0.05, 0) is 19.1 Å². The Hall–Kier alpha value is -2.90. The standard InChI is InChI=1S/C18H25N7O/c1-3-19-17(23-14-15-6-4-7-20-16(15)26-2)24-10-12-25(13-11-24)18-21-8-5-9-22-18/h4-9H,3,10-14H2,1-2H3,(H,19,23). The Kier molecular flexibility index (Phi) is 6.19. The van der Waals surface area contributed by atoms with E-state index in [1.165, 1.54) is 0 Å². The Morgan fingerprint density at radius 1 is 1.12 bits per heavy atom. The van der Waals surface area contributed by atoms with Gasteiger partial charge in [-0.25, -0.2) is 19.9 Å². The van der Waals surface area contributed by atoms with Crippen molar-refractivity contribution in [2.45, 2.75) is 13.5 Å². The van der Waals surface area contributed by atoms with Crippen LogP contribution in [0.2, 0.25) is 0 Å². The lowest BCUT2D eigenvalue weighted by molar-refractivity contribution is 0.369. The number of hydrogen-bond acceptors (Lipinski definition) is 6. The largest absolute Gasteiger partial charge is 0.481 e. The molecule has 8 heteroatoms. The monoisotopic (exact) mass is 355 g/mol. The van der Waals surface area contributed by atoms with Gasteiger partial charge in [0.1, 0.15) is 0 Å². The number of nitrogens with zero attached hydrogens (tertiary/aromatic N) is 6. The van der Waals surface area contributed by atoms with Gasteiger partial charge in [-0.3, -0.25) is 0 Å². The number of rotatable bonds is 5. The maximum absolute atomic E-state index is 5.31. The number of methoxy groups -OCH3 is 1. The first-order valence-electron chi connectivity index (χ1n) is 8.85. The molecule has 3 rings (SSSR count). The van der Waals surface area contributed by atoms with E-state index in [0.717, 1.165) is 50.2 Å². The SMILES string of the molecule is CCNC(=NCc1cccnc1OC)N1CCN(c2ncccn2)CC1. The van der Waals surface area contributed by atoms with Crippen LogP contribution in [0.3, 0.4) is 0 Å². The second-order valence-electron chi connectivity index (χ2n) is 5.86. The zero-order chi connectivity index (χ0) is 18.2. The summed E-state index contributed by atoms with van der Waals surface area (Å²) in [6, 6.07) is 5.73. The summed E-state index contributed by atoms with van der Waals surface area (Å²) in [4.78, 5) is 22.1. The van der Waals surface area contributed by atoms with E-state index in [1.807, 2.05) is 18.2 Å². The maximum Gasteiger partial charge on any atom is 0.225 e. The van der Waals surface area contributed by atoms with Crippen LogP contribution in [-0.4, -0.2) is 65.6 Å². The lowest BCUT2D eigenvalue weighted by Gasteiger charge is -2.36. The zero-order valence-corrected chi connectivity index (χ0v) is 15.3. The van der Waals surface area contributed by atoms with Crippen molar-refractivity contribution in [1.82, 2.24) is 25.2 Å². The van der Waals surface area contributed by atoms with Gasteiger partial charge >= 0.3 is 0 Å². The van der Waals surface area contributed by atoms with Crippen molar-refractivity contribution in [3.63, 3.8) is 0 Å². The second kappa shape index (κ2) is 8.98. The molecule has 1 saturated heterocycles. The molecule has 8 nitrogen and oxygen atoms in total. The van der Waals surface area contributed by atoms with Crippen LogP contribution in [0.15, 0.2) is 41.8 Å². The van der Waals surface area contributed by atoms with Gasteiger partial charge in [-0.2, -0.15) is 0 Å². The minimum Gasteiger partial charge on any atom is -0.481 e. The van der Waals surface area contributed by atoms with E-state index in [9.17, 15) is 0 Å². The second-order valence-corrected chi connectivity index (χ2v) is 5.86. The fourth-order valence-electron chi connectivity index (χ4n) is 2.89. The van der Waals surface area contributed by atoms with Gasteiger partial charge in [0.05, 0.1) is 13.7 Å². The topological polar surface area (TPSA) is 78.8 Å². The fourth-order valence-corrected chi connectivity index (χ4v) is 2.89. The summed E-state index contributed by atoms with van der Waals surface area (Å²) in [5.41, 5.74) is 0.974. The highest BCUT2D eigenvalue weighted by Crippen LogP contribution is 2.15. The van der Waals surface area contributed by atoms with E-state index in [-0.39, 0.29) is 0 Å². The van der Waals surface area contributed by atoms with Crippen LogP contribution in [0, 0.1) is 0 Å². The third-order valence-electron chi connectivity index (χ3n) is 4.19. The van der Waals surface area contributed by atoms with E-state index in [2.05, 4.69) is 37.0 Å². The summed E-state index contributed by atoms with van der Waals surface area (Å²) in [5, 5.41) is 3.38. The predicted octanol–water partition coefficient (Wildman–Crippen LogP) is 1.17. The molecule has 0 aromatic carbocycles. The fraction of sp³-hybridized carbons (Fsp3) is 0.444. The lowest BCUT2D eigenvalue weighted by Crippen LogP contribution is -2.52. The molecule has 0 aliphatic carbocycles. The Labute approximate surface area is 154 Å². The Morgan fingerprint density at radius 3 is 2.54 bits per heavy atom. The summed E-state index contributed by atoms with van der Waals surface area (Å²) < 4.78 is 5.31. The van der Waals surface area contributed by atoms with Crippen LogP contribution < -0.4 is 15.0 Å². The van der Waals surface area contributed by atoms with Crippen molar-refractivity contribution in [3.05, 3.63) is 42.4 Å². The molecule has 3 heterocycles.